The van der Waals surface area contributed by atoms with Crippen LogP contribution in [0.25, 0.3) is 10.2 Å². The van der Waals surface area contributed by atoms with E-state index >= 15 is 0 Å². The molecule has 140 valence electrons. The first-order valence-corrected chi connectivity index (χ1v) is 10.6. The van der Waals surface area contributed by atoms with Crippen LogP contribution in [0.2, 0.25) is 0 Å². The number of aromatic nitrogens is 2. The van der Waals surface area contributed by atoms with Gasteiger partial charge in [0.25, 0.3) is 0 Å². The van der Waals surface area contributed by atoms with Crippen molar-refractivity contribution in [3.05, 3.63) is 16.3 Å². The Hall–Kier alpha value is -1.67. The molecule has 0 spiro atoms. The van der Waals surface area contributed by atoms with E-state index in [2.05, 4.69) is 20.6 Å². The molecule has 0 fully saturated rings. The molecule has 26 heavy (non-hydrogen) atoms. The summed E-state index contributed by atoms with van der Waals surface area (Å²) >= 11 is 3.15. The lowest BCUT2D eigenvalue weighted by molar-refractivity contribution is -0.119. The van der Waals surface area contributed by atoms with E-state index in [0.717, 1.165) is 28.1 Å². The molecule has 0 radical (unpaired) electrons. The fourth-order valence-corrected chi connectivity index (χ4v) is 5.44. The van der Waals surface area contributed by atoms with E-state index in [-0.39, 0.29) is 11.9 Å². The van der Waals surface area contributed by atoms with E-state index in [1.165, 1.54) is 35.0 Å². The number of aryl methyl sites for hydroxylation is 3. The van der Waals surface area contributed by atoms with E-state index in [1.807, 2.05) is 20.8 Å². The minimum Gasteiger partial charge on any atom is -0.336 e. The number of rotatable bonds is 4. The van der Waals surface area contributed by atoms with Gasteiger partial charge in [-0.05, 0) is 58.9 Å². The minimum absolute atomic E-state index is 0.0211. The number of fused-ring (bicyclic) bond motifs is 3. The van der Waals surface area contributed by atoms with Crippen LogP contribution in [0.5, 0.6) is 0 Å². The molecule has 3 rings (SSSR count). The summed E-state index contributed by atoms with van der Waals surface area (Å²) in [7, 11) is 0. The van der Waals surface area contributed by atoms with Crippen LogP contribution in [0.15, 0.2) is 5.03 Å². The third-order valence-corrected chi connectivity index (χ3v) is 6.48. The Kier molecular flexibility index (Phi) is 5.82. The highest BCUT2D eigenvalue weighted by Gasteiger charge is 2.24. The SMILES string of the molecule is Cc1nc(S[C@H](C)C(=O)NC(=O)NC(C)C)c2c3c(sc2n1)CCCC3. The Morgan fingerprint density at radius 2 is 1.88 bits per heavy atom. The Morgan fingerprint density at radius 3 is 2.62 bits per heavy atom. The molecule has 0 saturated heterocycles. The summed E-state index contributed by atoms with van der Waals surface area (Å²) in [6.45, 7) is 7.37. The number of carbonyl (C=O) groups is 2. The van der Waals surface area contributed by atoms with Crippen LogP contribution in [-0.4, -0.2) is 33.2 Å². The molecule has 2 aromatic rings. The molecule has 1 aliphatic carbocycles. The van der Waals surface area contributed by atoms with Gasteiger partial charge >= 0.3 is 6.03 Å². The van der Waals surface area contributed by atoms with Gasteiger partial charge in [-0.2, -0.15) is 0 Å². The van der Waals surface area contributed by atoms with Gasteiger partial charge in [0.05, 0.1) is 5.25 Å². The Balaban J connectivity index is 1.82. The smallest absolute Gasteiger partial charge is 0.321 e. The Morgan fingerprint density at radius 1 is 1.15 bits per heavy atom. The number of imide groups is 1. The van der Waals surface area contributed by atoms with Crippen LogP contribution in [-0.2, 0) is 17.6 Å². The number of amides is 3. The monoisotopic (exact) mass is 392 g/mol. The second-order valence-corrected chi connectivity index (χ2v) is 9.26. The molecule has 3 amide bonds. The summed E-state index contributed by atoms with van der Waals surface area (Å²) in [4.78, 5) is 35.7. The fourth-order valence-electron chi connectivity index (χ4n) is 3.04. The number of urea groups is 1. The molecule has 0 unspecified atom stereocenters. The maximum Gasteiger partial charge on any atom is 0.321 e. The molecule has 0 aromatic carbocycles. The van der Waals surface area contributed by atoms with Crippen molar-refractivity contribution in [3.63, 3.8) is 0 Å². The predicted octanol–water partition coefficient (Wildman–Crippen LogP) is 3.59. The lowest BCUT2D eigenvalue weighted by Gasteiger charge is -2.15. The molecular formula is C18H24N4O2S2. The summed E-state index contributed by atoms with van der Waals surface area (Å²) in [5.74, 6) is 0.394. The molecule has 0 bridgehead atoms. The Bertz CT molecular complexity index is 847. The maximum atomic E-state index is 12.4. The number of hydrogen-bond donors (Lipinski definition) is 2. The second-order valence-electron chi connectivity index (χ2n) is 6.84. The van der Waals surface area contributed by atoms with Crippen LogP contribution in [0.1, 0.15) is 49.9 Å². The lowest BCUT2D eigenvalue weighted by Crippen LogP contribution is -2.45. The van der Waals surface area contributed by atoms with Crippen LogP contribution in [0.3, 0.4) is 0 Å². The van der Waals surface area contributed by atoms with Gasteiger partial charge in [0.1, 0.15) is 15.7 Å². The van der Waals surface area contributed by atoms with E-state index in [9.17, 15) is 9.59 Å². The summed E-state index contributed by atoms with van der Waals surface area (Å²) in [6, 6.07) is -0.485. The van der Waals surface area contributed by atoms with Gasteiger partial charge in [-0.15, -0.1) is 11.3 Å². The molecular weight excluding hydrogens is 368 g/mol. The van der Waals surface area contributed by atoms with E-state index in [1.54, 1.807) is 18.3 Å². The number of nitrogens with one attached hydrogen (secondary N) is 2. The molecule has 2 heterocycles. The highest BCUT2D eigenvalue weighted by molar-refractivity contribution is 8.00. The molecule has 2 N–H and O–H groups in total. The minimum atomic E-state index is -0.464. The normalized spacial score (nSPS) is 15.0. The highest BCUT2D eigenvalue weighted by atomic mass is 32.2. The molecule has 6 nitrogen and oxygen atoms in total. The number of carbonyl (C=O) groups excluding carboxylic acids is 2. The van der Waals surface area contributed by atoms with Gasteiger partial charge in [0.15, 0.2) is 0 Å². The summed E-state index contributed by atoms with van der Waals surface area (Å²) < 4.78 is 0. The molecule has 2 aromatic heterocycles. The third kappa shape index (κ3) is 4.17. The summed E-state index contributed by atoms with van der Waals surface area (Å²) in [6.07, 6.45) is 4.55. The summed E-state index contributed by atoms with van der Waals surface area (Å²) in [5.41, 5.74) is 1.35. The van der Waals surface area contributed by atoms with E-state index in [4.69, 9.17) is 0 Å². The molecule has 1 aliphatic rings. The maximum absolute atomic E-state index is 12.4. The number of nitrogens with zero attached hydrogens (tertiary/aromatic N) is 2. The van der Waals surface area contributed by atoms with Crippen molar-refractivity contribution >= 4 is 45.3 Å². The standard InChI is InChI=1S/C18H24N4O2S2/c1-9(2)19-18(24)22-15(23)10(3)25-16-14-12-7-5-6-8-13(12)26-17(14)21-11(4)20-16/h9-10H,5-8H2,1-4H3,(H2,19,22,23,24)/t10-/m1/s1. The first-order valence-electron chi connectivity index (χ1n) is 8.92. The van der Waals surface area contributed by atoms with Crippen molar-refractivity contribution in [2.75, 3.05) is 0 Å². The largest absolute Gasteiger partial charge is 0.336 e. The van der Waals surface area contributed by atoms with E-state index in [0.29, 0.717) is 5.82 Å². The second kappa shape index (κ2) is 7.92. The van der Waals surface area contributed by atoms with Crippen LogP contribution >= 0.6 is 23.1 Å². The lowest BCUT2D eigenvalue weighted by atomic mass is 9.97. The average molecular weight is 393 g/mol. The average Bonchev–Trinajstić information content (AvgIpc) is 2.91. The molecule has 1 atom stereocenters. The van der Waals surface area contributed by atoms with Gasteiger partial charge in [0.2, 0.25) is 5.91 Å². The van der Waals surface area contributed by atoms with Gasteiger partial charge in [-0.1, -0.05) is 11.8 Å². The highest BCUT2D eigenvalue weighted by Crippen LogP contribution is 2.40. The first kappa shape index (κ1) is 19.1. The topological polar surface area (TPSA) is 84.0 Å². The van der Waals surface area contributed by atoms with Gasteiger partial charge in [-0.3, -0.25) is 10.1 Å². The first-order chi connectivity index (χ1) is 12.3. The van der Waals surface area contributed by atoms with Gasteiger partial charge < -0.3 is 5.32 Å². The van der Waals surface area contributed by atoms with Crippen molar-refractivity contribution < 1.29 is 9.59 Å². The van der Waals surface area contributed by atoms with Crippen LogP contribution < -0.4 is 10.6 Å². The molecule has 0 aliphatic heterocycles. The zero-order chi connectivity index (χ0) is 18.8. The zero-order valence-corrected chi connectivity index (χ0v) is 17.1. The van der Waals surface area contributed by atoms with Gasteiger partial charge in [-0.25, -0.2) is 14.8 Å². The third-order valence-electron chi connectivity index (χ3n) is 4.21. The fraction of sp³-hybridized carbons (Fsp3) is 0.556. The van der Waals surface area contributed by atoms with Crippen LogP contribution in [0.4, 0.5) is 4.79 Å². The van der Waals surface area contributed by atoms with Crippen molar-refractivity contribution in [2.45, 2.75) is 69.7 Å². The van der Waals surface area contributed by atoms with Crippen molar-refractivity contribution in [3.8, 4) is 0 Å². The zero-order valence-electron chi connectivity index (χ0n) is 15.5. The molecule has 8 heteroatoms. The van der Waals surface area contributed by atoms with E-state index < -0.39 is 11.3 Å². The number of thioether (sulfide) groups is 1. The van der Waals surface area contributed by atoms with Crippen molar-refractivity contribution in [1.29, 1.82) is 0 Å². The predicted molar refractivity (Wildman–Crippen MR) is 106 cm³/mol. The van der Waals surface area contributed by atoms with Crippen molar-refractivity contribution in [2.24, 2.45) is 0 Å². The van der Waals surface area contributed by atoms with Gasteiger partial charge in [0, 0.05) is 16.3 Å². The quantitative estimate of drug-likeness (QED) is 0.614. The molecule has 0 saturated carbocycles. The van der Waals surface area contributed by atoms with Crippen molar-refractivity contribution in [1.82, 2.24) is 20.6 Å². The van der Waals surface area contributed by atoms with Crippen LogP contribution in [0, 0.1) is 6.92 Å². The number of hydrogen-bond acceptors (Lipinski definition) is 6. The number of thiophene rings is 1. The Labute approximate surface area is 161 Å². The summed E-state index contributed by atoms with van der Waals surface area (Å²) in [5, 5.41) is 6.59.